The van der Waals surface area contributed by atoms with Gasteiger partial charge in [0.25, 0.3) is 5.56 Å². The van der Waals surface area contributed by atoms with Crippen LogP contribution in [0.3, 0.4) is 0 Å². The average Bonchev–Trinajstić information content (AvgIpc) is 2.73. The number of thioether (sulfide) groups is 1. The molecule has 0 aliphatic heterocycles. The number of hydrogen-bond donors (Lipinski definition) is 0. The molecule has 0 aliphatic rings. The number of fused-ring (bicyclic) bond motifs is 1. The molecule has 2 aromatic heterocycles. The molecule has 2 aromatic carbocycles. The SMILES string of the molecule is COc1cccc(CSc2nc3ccccc3c(=O)n2-c2ccc(C)cn2)c1. The predicted octanol–water partition coefficient (Wildman–Crippen LogP) is 4.39. The largest absolute Gasteiger partial charge is 0.497 e. The summed E-state index contributed by atoms with van der Waals surface area (Å²) in [5, 5.41) is 1.19. The van der Waals surface area contributed by atoms with Crippen LogP contribution in [0, 0.1) is 6.92 Å². The number of aromatic nitrogens is 3. The Hall–Kier alpha value is -3.12. The third kappa shape index (κ3) is 3.64. The Kier molecular flexibility index (Phi) is 5.12. The zero-order valence-electron chi connectivity index (χ0n) is 15.6. The lowest BCUT2D eigenvalue weighted by Gasteiger charge is -2.13. The van der Waals surface area contributed by atoms with Gasteiger partial charge in [-0.3, -0.25) is 4.79 Å². The van der Waals surface area contributed by atoms with Gasteiger partial charge in [-0.2, -0.15) is 0 Å². The van der Waals surface area contributed by atoms with Crippen LogP contribution >= 0.6 is 11.8 Å². The quantitative estimate of drug-likeness (QED) is 0.374. The molecule has 140 valence electrons. The maximum atomic E-state index is 13.2. The fraction of sp³-hybridized carbons (Fsp3) is 0.136. The maximum absolute atomic E-state index is 13.2. The zero-order chi connectivity index (χ0) is 19.5. The monoisotopic (exact) mass is 389 g/mol. The van der Waals surface area contributed by atoms with Crippen molar-refractivity contribution in [3.05, 3.63) is 88.3 Å². The molecule has 0 amide bonds. The molecule has 0 spiro atoms. The first-order chi connectivity index (χ1) is 13.7. The van der Waals surface area contributed by atoms with E-state index in [2.05, 4.69) is 4.98 Å². The normalized spacial score (nSPS) is 10.9. The molecule has 5 nitrogen and oxygen atoms in total. The molecule has 0 radical (unpaired) electrons. The second kappa shape index (κ2) is 7.86. The molecule has 0 aliphatic carbocycles. The minimum absolute atomic E-state index is 0.116. The lowest BCUT2D eigenvalue weighted by atomic mass is 10.2. The van der Waals surface area contributed by atoms with E-state index in [0.29, 0.717) is 27.6 Å². The fourth-order valence-electron chi connectivity index (χ4n) is 2.91. The second-order valence-electron chi connectivity index (χ2n) is 6.39. The number of rotatable bonds is 5. The van der Waals surface area contributed by atoms with Crippen molar-refractivity contribution in [1.29, 1.82) is 0 Å². The van der Waals surface area contributed by atoms with E-state index in [0.717, 1.165) is 16.9 Å². The molecule has 0 fully saturated rings. The number of hydrogen-bond acceptors (Lipinski definition) is 5. The molecule has 28 heavy (non-hydrogen) atoms. The summed E-state index contributed by atoms with van der Waals surface area (Å²) in [7, 11) is 1.65. The highest BCUT2D eigenvalue weighted by atomic mass is 32.2. The Morgan fingerprint density at radius 1 is 1.07 bits per heavy atom. The third-order valence-corrected chi connectivity index (χ3v) is 5.38. The Bertz CT molecular complexity index is 1190. The van der Waals surface area contributed by atoms with Crippen LogP contribution in [0.25, 0.3) is 16.7 Å². The van der Waals surface area contributed by atoms with Gasteiger partial charge in [0.2, 0.25) is 0 Å². The minimum Gasteiger partial charge on any atom is -0.497 e. The summed E-state index contributed by atoms with van der Waals surface area (Å²) in [6.45, 7) is 1.97. The van der Waals surface area contributed by atoms with E-state index < -0.39 is 0 Å². The van der Waals surface area contributed by atoms with Crippen molar-refractivity contribution in [3.63, 3.8) is 0 Å². The van der Waals surface area contributed by atoms with Crippen LogP contribution in [0.2, 0.25) is 0 Å². The molecule has 0 bridgehead atoms. The van der Waals surface area contributed by atoms with Crippen molar-refractivity contribution in [1.82, 2.24) is 14.5 Å². The van der Waals surface area contributed by atoms with Crippen LogP contribution in [0.5, 0.6) is 5.75 Å². The number of pyridine rings is 1. The summed E-state index contributed by atoms with van der Waals surface area (Å²) in [5.41, 5.74) is 2.70. The Labute approximate surface area is 167 Å². The van der Waals surface area contributed by atoms with Crippen LogP contribution in [0.1, 0.15) is 11.1 Å². The first kappa shape index (κ1) is 18.3. The summed E-state index contributed by atoms with van der Waals surface area (Å²) in [6, 6.07) is 19.1. The van der Waals surface area contributed by atoms with Crippen LogP contribution < -0.4 is 10.3 Å². The molecule has 0 atom stereocenters. The second-order valence-corrected chi connectivity index (χ2v) is 7.33. The van der Waals surface area contributed by atoms with Gasteiger partial charge in [0, 0.05) is 11.9 Å². The Balaban J connectivity index is 1.80. The van der Waals surface area contributed by atoms with Gasteiger partial charge in [-0.15, -0.1) is 0 Å². The predicted molar refractivity (Wildman–Crippen MR) is 112 cm³/mol. The maximum Gasteiger partial charge on any atom is 0.267 e. The smallest absolute Gasteiger partial charge is 0.267 e. The average molecular weight is 389 g/mol. The van der Waals surface area contributed by atoms with Gasteiger partial charge in [0.1, 0.15) is 11.6 Å². The molecule has 0 N–H and O–H groups in total. The molecule has 6 heteroatoms. The van der Waals surface area contributed by atoms with Crippen LogP contribution in [0.4, 0.5) is 0 Å². The van der Waals surface area contributed by atoms with E-state index >= 15 is 0 Å². The topological polar surface area (TPSA) is 57.0 Å². The number of ether oxygens (including phenoxy) is 1. The lowest BCUT2D eigenvalue weighted by molar-refractivity contribution is 0.414. The summed E-state index contributed by atoms with van der Waals surface area (Å²) in [4.78, 5) is 22.4. The molecule has 0 saturated heterocycles. The van der Waals surface area contributed by atoms with E-state index in [1.165, 1.54) is 11.8 Å². The summed E-state index contributed by atoms with van der Waals surface area (Å²) >= 11 is 1.50. The molecule has 4 rings (SSSR count). The van der Waals surface area contributed by atoms with E-state index in [-0.39, 0.29) is 5.56 Å². The van der Waals surface area contributed by atoms with Gasteiger partial charge in [-0.1, -0.05) is 42.1 Å². The van der Waals surface area contributed by atoms with Crippen LogP contribution in [0.15, 0.2) is 76.8 Å². The number of nitrogens with zero attached hydrogens (tertiary/aromatic N) is 3. The van der Waals surface area contributed by atoms with Crippen molar-refractivity contribution in [3.8, 4) is 11.6 Å². The Morgan fingerprint density at radius 2 is 1.93 bits per heavy atom. The van der Waals surface area contributed by atoms with Gasteiger partial charge >= 0.3 is 0 Å². The van der Waals surface area contributed by atoms with E-state index in [9.17, 15) is 4.79 Å². The van der Waals surface area contributed by atoms with Gasteiger partial charge in [0.15, 0.2) is 5.16 Å². The highest BCUT2D eigenvalue weighted by Gasteiger charge is 2.14. The number of methoxy groups -OCH3 is 1. The molecule has 0 saturated carbocycles. The number of para-hydroxylation sites is 1. The van der Waals surface area contributed by atoms with Crippen molar-refractivity contribution in [2.45, 2.75) is 17.8 Å². The molecule has 0 unspecified atom stereocenters. The highest BCUT2D eigenvalue weighted by Crippen LogP contribution is 2.25. The van der Waals surface area contributed by atoms with Crippen molar-refractivity contribution in [2.24, 2.45) is 0 Å². The standard InChI is InChI=1S/C22H19N3O2S/c1-15-10-11-20(23-13-15)25-21(26)18-8-3-4-9-19(18)24-22(25)28-14-16-6-5-7-17(12-16)27-2/h3-13H,14H2,1-2H3. The molecular formula is C22H19N3O2S. The summed E-state index contributed by atoms with van der Waals surface area (Å²) in [5.74, 6) is 2.04. The van der Waals surface area contributed by atoms with Gasteiger partial charge in [-0.25, -0.2) is 14.5 Å². The first-order valence-electron chi connectivity index (χ1n) is 8.86. The first-order valence-corrected chi connectivity index (χ1v) is 9.85. The zero-order valence-corrected chi connectivity index (χ0v) is 16.4. The fourth-order valence-corrected chi connectivity index (χ4v) is 3.86. The van der Waals surface area contributed by atoms with Crippen LogP contribution in [-0.2, 0) is 5.75 Å². The van der Waals surface area contributed by atoms with Crippen LogP contribution in [-0.4, -0.2) is 21.6 Å². The van der Waals surface area contributed by atoms with Crippen molar-refractivity contribution < 1.29 is 4.74 Å². The number of aryl methyl sites for hydroxylation is 1. The molecule has 4 aromatic rings. The van der Waals surface area contributed by atoms with E-state index in [4.69, 9.17) is 9.72 Å². The third-order valence-electron chi connectivity index (χ3n) is 4.37. The van der Waals surface area contributed by atoms with Crippen molar-refractivity contribution in [2.75, 3.05) is 7.11 Å². The highest BCUT2D eigenvalue weighted by molar-refractivity contribution is 7.98. The van der Waals surface area contributed by atoms with E-state index in [1.54, 1.807) is 23.9 Å². The number of benzene rings is 2. The lowest BCUT2D eigenvalue weighted by Crippen LogP contribution is -2.22. The van der Waals surface area contributed by atoms with Gasteiger partial charge < -0.3 is 4.74 Å². The minimum atomic E-state index is -0.116. The molecular weight excluding hydrogens is 370 g/mol. The van der Waals surface area contributed by atoms with E-state index in [1.807, 2.05) is 61.5 Å². The van der Waals surface area contributed by atoms with Crippen molar-refractivity contribution >= 4 is 22.7 Å². The summed E-state index contributed by atoms with van der Waals surface area (Å²) < 4.78 is 6.89. The summed E-state index contributed by atoms with van der Waals surface area (Å²) in [6.07, 6.45) is 1.76. The Morgan fingerprint density at radius 3 is 2.71 bits per heavy atom. The molecule has 2 heterocycles. The van der Waals surface area contributed by atoms with Gasteiger partial charge in [0.05, 0.1) is 18.0 Å². The van der Waals surface area contributed by atoms with Gasteiger partial charge in [-0.05, 0) is 48.4 Å².